The van der Waals surface area contributed by atoms with Crippen molar-refractivity contribution in [2.75, 3.05) is 24.7 Å². The molecule has 3 heteroatoms. The second-order valence-electron chi connectivity index (χ2n) is 5.43. The molecule has 20 heavy (non-hydrogen) atoms. The number of rotatable bonds is 10. The predicted octanol–water partition coefficient (Wildman–Crippen LogP) is 3.65. The Balaban J connectivity index is 2.55. The minimum Gasteiger partial charge on any atom is -0.396 e. The van der Waals surface area contributed by atoms with Crippen LogP contribution < -0.4 is 5.32 Å². The molecule has 114 valence electrons. The third-order valence-corrected chi connectivity index (χ3v) is 4.74. The average molecular weight is 295 g/mol. The summed E-state index contributed by atoms with van der Waals surface area (Å²) in [5.41, 5.74) is 2.80. The van der Waals surface area contributed by atoms with Gasteiger partial charge in [0.1, 0.15) is 0 Å². The van der Waals surface area contributed by atoms with Gasteiger partial charge in [0.25, 0.3) is 0 Å². The molecule has 0 aromatic heterocycles. The summed E-state index contributed by atoms with van der Waals surface area (Å²) in [4.78, 5) is 0. The summed E-state index contributed by atoms with van der Waals surface area (Å²) < 4.78 is 0. The fourth-order valence-electron chi connectivity index (χ4n) is 2.16. The third-order valence-electron chi connectivity index (χ3n) is 3.37. The molecule has 0 saturated carbocycles. The van der Waals surface area contributed by atoms with Crippen molar-refractivity contribution in [2.45, 2.75) is 39.7 Å². The monoisotopic (exact) mass is 295 g/mol. The fraction of sp³-hybridized carbons (Fsp3) is 0.647. The predicted molar refractivity (Wildman–Crippen MR) is 90.4 cm³/mol. The van der Waals surface area contributed by atoms with Gasteiger partial charge in [-0.25, -0.2) is 0 Å². The zero-order valence-electron chi connectivity index (χ0n) is 13.1. The molecule has 2 nitrogen and oxygen atoms in total. The normalized spacial score (nSPS) is 14.2. The Kier molecular flexibility index (Phi) is 8.99. The molecule has 0 radical (unpaired) electrons. The van der Waals surface area contributed by atoms with Crippen molar-refractivity contribution in [1.29, 1.82) is 0 Å². The maximum Gasteiger partial charge on any atom is 0.0464 e. The van der Waals surface area contributed by atoms with Crippen molar-refractivity contribution in [2.24, 2.45) is 5.92 Å². The van der Waals surface area contributed by atoms with Crippen LogP contribution in [0.15, 0.2) is 24.3 Å². The van der Waals surface area contributed by atoms with E-state index >= 15 is 0 Å². The van der Waals surface area contributed by atoms with Gasteiger partial charge in [-0.3, -0.25) is 0 Å². The molecule has 2 atom stereocenters. The Hall–Kier alpha value is -0.510. The maximum atomic E-state index is 9.07. The first-order valence-corrected chi connectivity index (χ1v) is 8.87. The lowest BCUT2D eigenvalue weighted by molar-refractivity contribution is 0.250. The van der Waals surface area contributed by atoms with Crippen LogP contribution in [0.2, 0.25) is 0 Å². The van der Waals surface area contributed by atoms with Crippen LogP contribution in [0.5, 0.6) is 0 Å². The zero-order chi connectivity index (χ0) is 14.8. The highest BCUT2D eigenvalue weighted by Gasteiger charge is 2.11. The van der Waals surface area contributed by atoms with Gasteiger partial charge >= 0.3 is 0 Å². The number of aliphatic hydroxyl groups excluding tert-OH is 1. The Labute approximate surface area is 128 Å². The molecule has 0 heterocycles. The molecule has 0 fully saturated rings. The van der Waals surface area contributed by atoms with Gasteiger partial charge in [-0.1, -0.05) is 51.5 Å². The van der Waals surface area contributed by atoms with Crippen LogP contribution in [-0.2, 0) is 6.42 Å². The molecular formula is C17H29NOS. The Morgan fingerprint density at radius 3 is 2.40 bits per heavy atom. The molecule has 1 aromatic rings. The van der Waals surface area contributed by atoms with Gasteiger partial charge in [-0.15, -0.1) is 0 Å². The lowest BCUT2D eigenvalue weighted by atomic mass is 10.0. The second-order valence-corrected chi connectivity index (χ2v) is 6.50. The highest BCUT2D eigenvalue weighted by atomic mass is 32.2. The lowest BCUT2D eigenvalue weighted by Gasteiger charge is -2.19. The summed E-state index contributed by atoms with van der Waals surface area (Å²) in [6, 6.07) is 9.43. The van der Waals surface area contributed by atoms with Crippen LogP contribution in [0.4, 0.5) is 0 Å². The molecule has 0 aliphatic rings. The van der Waals surface area contributed by atoms with Crippen molar-refractivity contribution in [3.63, 3.8) is 0 Å². The maximum absolute atomic E-state index is 9.07. The molecule has 1 aromatic carbocycles. The van der Waals surface area contributed by atoms with Crippen LogP contribution in [0.25, 0.3) is 0 Å². The van der Waals surface area contributed by atoms with E-state index in [9.17, 15) is 0 Å². The number of benzene rings is 1. The lowest BCUT2D eigenvalue weighted by Crippen LogP contribution is -2.23. The second kappa shape index (κ2) is 10.3. The van der Waals surface area contributed by atoms with Crippen LogP contribution in [0.1, 0.15) is 44.4 Å². The quantitative estimate of drug-likeness (QED) is 0.691. The summed E-state index contributed by atoms with van der Waals surface area (Å²) >= 11 is 1.92. The highest BCUT2D eigenvalue weighted by Crippen LogP contribution is 2.21. The fourth-order valence-corrected chi connectivity index (χ4v) is 3.35. The van der Waals surface area contributed by atoms with Crippen LogP contribution >= 0.6 is 11.8 Å². The summed E-state index contributed by atoms with van der Waals surface area (Å²) in [6.45, 7) is 7.73. The van der Waals surface area contributed by atoms with Crippen molar-refractivity contribution >= 4 is 11.8 Å². The van der Waals surface area contributed by atoms with Gasteiger partial charge < -0.3 is 10.4 Å². The van der Waals surface area contributed by atoms with E-state index in [4.69, 9.17) is 5.11 Å². The SMILES string of the molecule is CCCc1ccc(C(CSCC(C)CO)NCC)cc1. The number of hydrogen-bond acceptors (Lipinski definition) is 3. The van der Waals surface area contributed by atoms with Crippen molar-refractivity contribution < 1.29 is 5.11 Å². The average Bonchev–Trinajstić information content (AvgIpc) is 2.47. The highest BCUT2D eigenvalue weighted by molar-refractivity contribution is 7.99. The number of thioether (sulfide) groups is 1. The van der Waals surface area contributed by atoms with Gasteiger partial charge in [0, 0.05) is 18.4 Å². The van der Waals surface area contributed by atoms with Crippen molar-refractivity contribution in [3.8, 4) is 0 Å². The molecule has 0 saturated heterocycles. The largest absolute Gasteiger partial charge is 0.396 e. The summed E-state index contributed by atoms with van der Waals surface area (Å²) in [5, 5.41) is 12.6. The van der Waals surface area contributed by atoms with Gasteiger partial charge in [-0.2, -0.15) is 11.8 Å². The van der Waals surface area contributed by atoms with E-state index in [-0.39, 0.29) is 6.61 Å². The van der Waals surface area contributed by atoms with Crippen LogP contribution in [0.3, 0.4) is 0 Å². The number of hydrogen-bond donors (Lipinski definition) is 2. The Morgan fingerprint density at radius 2 is 1.85 bits per heavy atom. The minimum atomic E-state index is 0.282. The van der Waals surface area contributed by atoms with Crippen molar-refractivity contribution in [1.82, 2.24) is 5.32 Å². The van der Waals surface area contributed by atoms with Crippen LogP contribution in [-0.4, -0.2) is 29.8 Å². The van der Waals surface area contributed by atoms with Gasteiger partial charge in [0.15, 0.2) is 0 Å². The molecule has 0 aliphatic carbocycles. The summed E-state index contributed by atoms with van der Waals surface area (Å²) in [5.74, 6) is 2.46. The van der Waals surface area contributed by atoms with E-state index in [1.165, 1.54) is 17.5 Å². The standard InChI is InChI=1S/C17H29NOS/c1-4-6-15-7-9-16(10-8-15)17(18-5-2)13-20-12-14(3)11-19/h7-10,14,17-19H,4-6,11-13H2,1-3H3. The number of aliphatic hydroxyl groups is 1. The molecule has 0 spiro atoms. The van der Waals surface area contributed by atoms with Crippen LogP contribution in [0, 0.1) is 5.92 Å². The van der Waals surface area contributed by atoms with E-state index in [0.717, 1.165) is 24.5 Å². The topological polar surface area (TPSA) is 32.3 Å². The van der Waals surface area contributed by atoms with E-state index in [1.54, 1.807) is 0 Å². The first-order chi connectivity index (χ1) is 9.71. The third kappa shape index (κ3) is 6.29. The summed E-state index contributed by atoms with van der Waals surface area (Å²) in [6.07, 6.45) is 2.36. The minimum absolute atomic E-state index is 0.282. The van der Waals surface area contributed by atoms with E-state index in [0.29, 0.717) is 12.0 Å². The van der Waals surface area contributed by atoms with E-state index < -0.39 is 0 Å². The summed E-state index contributed by atoms with van der Waals surface area (Å²) in [7, 11) is 0. The molecular weight excluding hydrogens is 266 g/mol. The van der Waals surface area contributed by atoms with Gasteiger partial charge in [0.05, 0.1) is 0 Å². The zero-order valence-corrected chi connectivity index (χ0v) is 13.9. The smallest absolute Gasteiger partial charge is 0.0464 e. The van der Waals surface area contributed by atoms with Gasteiger partial charge in [-0.05, 0) is 35.8 Å². The molecule has 2 unspecified atom stereocenters. The van der Waals surface area contributed by atoms with Crippen molar-refractivity contribution in [3.05, 3.63) is 35.4 Å². The number of aryl methyl sites for hydroxylation is 1. The molecule has 0 bridgehead atoms. The van der Waals surface area contributed by atoms with E-state index in [1.807, 2.05) is 11.8 Å². The molecule has 0 amide bonds. The first-order valence-electron chi connectivity index (χ1n) is 7.72. The number of nitrogens with one attached hydrogen (secondary N) is 1. The van der Waals surface area contributed by atoms with E-state index in [2.05, 4.69) is 50.4 Å². The Bertz CT molecular complexity index is 353. The molecule has 1 rings (SSSR count). The Morgan fingerprint density at radius 1 is 1.15 bits per heavy atom. The first kappa shape index (κ1) is 17.5. The molecule has 2 N–H and O–H groups in total. The van der Waals surface area contributed by atoms with Gasteiger partial charge in [0.2, 0.25) is 0 Å². The molecule has 0 aliphatic heterocycles.